The van der Waals surface area contributed by atoms with E-state index >= 15 is 0 Å². The van der Waals surface area contributed by atoms with Crippen molar-refractivity contribution in [3.63, 3.8) is 0 Å². The van der Waals surface area contributed by atoms with E-state index in [1.54, 1.807) is 0 Å². The lowest BCUT2D eigenvalue weighted by Crippen LogP contribution is -2.26. The van der Waals surface area contributed by atoms with Crippen molar-refractivity contribution in [1.82, 2.24) is 4.98 Å². The Hall–Kier alpha value is -1.09. The molecule has 102 valence electrons. The number of anilines is 1. The topological polar surface area (TPSA) is 36.4 Å². The summed E-state index contributed by atoms with van der Waals surface area (Å²) in [7, 11) is 0. The zero-order valence-corrected chi connectivity index (χ0v) is 11.7. The van der Waals surface area contributed by atoms with Gasteiger partial charge in [-0.25, -0.2) is 4.98 Å². The normalized spacial score (nSPS) is 10.6. The quantitative estimate of drug-likeness (QED) is 0.732. The first-order valence-electron chi connectivity index (χ1n) is 7.12. The minimum Gasteiger partial charge on any atom is -0.396 e. The largest absolute Gasteiger partial charge is 0.396 e. The Bertz CT molecular complexity index is 311. The van der Waals surface area contributed by atoms with Crippen molar-refractivity contribution in [3.8, 4) is 0 Å². The van der Waals surface area contributed by atoms with Gasteiger partial charge in [-0.2, -0.15) is 0 Å². The average molecular weight is 250 g/mol. The molecule has 0 radical (unpaired) electrons. The molecule has 1 rings (SSSR count). The van der Waals surface area contributed by atoms with Gasteiger partial charge < -0.3 is 10.0 Å². The Labute approximate surface area is 111 Å². The highest BCUT2D eigenvalue weighted by Gasteiger charge is 2.06. The molecule has 3 heteroatoms. The third kappa shape index (κ3) is 5.05. The third-order valence-electron chi connectivity index (χ3n) is 3.03. The van der Waals surface area contributed by atoms with Gasteiger partial charge in [-0.15, -0.1) is 0 Å². The lowest BCUT2D eigenvalue weighted by atomic mass is 10.1. The molecule has 3 nitrogen and oxygen atoms in total. The maximum absolute atomic E-state index is 8.81. The lowest BCUT2D eigenvalue weighted by molar-refractivity contribution is 0.288. The number of aliphatic hydroxyl groups excluding tert-OH is 1. The Kier molecular flexibility index (Phi) is 7.42. The molecule has 0 bridgehead atoms. The second-order valence-corrected chi connectivity index (χ2v) is 4.69. The van der Waals surface area contributed by atoms with E-state index in [0.29, 0.717) is 0 Å². The van der Waals surface area contributed by atoms with E-state index in [2.05, 4.69) is 35.9 Å². The molecule has 18 heavy (non-hydrogen) atoms. The molecule has 1 aromatic rings. The van der Waals surface area contributed by atoms with E-state index in [1.807, 2.05) is 6.20 Å². The number of hydrogen-bond acceptors (Lipinski definition) is 3. The van der Waals surface area contributed by atoms with Gasteiger partial charge in [-0.1, -0.05) is 26.3 Å². The van der Waals surface area contributed by atoms with Gasteiger partial charge in [-0.3, -0.25) is 0 Å². The fourth-order valence-electron chi connectivity index (χ4n) is 1.99. The first kappa shape index (κ1) is 15.0. The van der Waals surface area contributed by atoms with Gasteiger partial charge in [0.15, 0.2) is 0 Å². The molecule has 0 unspecified atom stereocenters. The van der Waals surface area contributed by atoms with Gasteiger partial charge in [0, 0.05) is 25.9 Å². The highest BCUT2D eigenvalue weighted by Crippen LogP contribution is 2.13. The second kappa shape index (κ2) is 8.92. The van der Waals surface area contributed by atoms with E-state index < -0.39 is 0 Å². The van der Waals surface area contributed by atoms with Crippen LogP contribution in [0.25, 0.3) is 0 Å². The van der Waals surface area contributed by atoms with Crippen molar-refractivity contribution in [1.29, 1.82) is 0 Å². The van der Waals surface area contributed by atoms with Gasteiger partial charge in [0.1, 0.15) is 5.82 Å². The smallest absolute Gasteiger partial charge is 0.128 e. The SMILES string of the molecule is CCCCN(CCC)c1ccc(CCCO)cn1. The van der Waals surface area contributed by atoms with Crippen LogP contribution in [0.2, 0.25) is 0 Å². The van der Waals surface area contributed by atoms with Crippen molar-refractivity contribution in [2.75, 3.05) is 24.6 Å². The fourth-order valence-corrected chi connectivity index (χ4v) is 1.99. The van der Waals surface area contributed by atoms with Crippen LogP contribution in [0.15, 0.2) is 18.3 Å². The minimum atomic E-state index is 0.250. The lowest BCUT2D eigenvalue weighted by Gasteiger charge is -2.23. The molecule has 1 aromatic heterocycles. The van der Waals surface area contributed by atoms with Gasteiger partial charge in [0.05, 0.1) is 0 Å². The third-order valence-corrected chi connectivity index (χ3v) is 3.03. The average Bonchev–Trinajstić information content (AvgIpc) is 2.42. The van der Waals surface area contributed by atoms with Crippen LogP contribution in [0.5, 0.6) is 0 Å². The summed E-state index contributed by atoms with van der Waals surface area (Å²) < 4.78 is 0. The molecule has 0 atom stereocenters. The number of pyridine rings is 1. The van der Waals surface area contributed by atoms with E-state index in [-0.39, 0.29) is 6.61 Å². The molecule has 0 saturated heterocycles. The molecule has 0 spiro atoms. The summed E-state index contributed by atoms with van der Waals surface area (Å²) in [6.45, 7) is 6.83. The van der Waals surface area contributed by atoms with Gasteiger partial charge in [0.2, 0.25) is 0 Å². The van der Waals surface area contributed by atoms with E-state index in [4.69, 9.17) is 5.11 Å². The Balaban J connectivity index is 2.61. The number of unbranched alkanes of at least 4 members (excludes halogenated alkanes) is 1. The number of aromatic nitrogens is 1. The summed E-state index contributed by atoms with van der Waals surface area (Å²) in [6.07, 6.45) is 7.25. The number of hydrogen-bond donors (Lipinski definition) is 1. The molecule has 0 aliphatic carbocycles. The molecule has 0 aliphatic rings. The molecule has 1 heterocycles. The van der Waals surface area contributed by atoms with E-state index in [1.165, 1.54) is 18.4 Å². The molecular weight excluding hydrogens is 224 g/mol. The Morgan fingerprint density at radius 3 is 2.50 bits per heavy atom. The highest BCUT2D eigenvalue weighted by atomic mass is 16.2. The van der Waals surface area contributed by atoms with Crippen molar-refractivity contribution in [2.24, 2.45) is 0 Å². The molecular formula is C15H26N2O. The maximum Gasteiger partial charge on any atom is 0.128 e. The molecule has 0 fully saturated rings. The van der Waals surface area contributed by atoms with Gasteiger partial charge >= 0.3 is 0 Å². The first-order chi connectivity index (χ1) is 8.81. The zero-order valence-electron chi connectivity index (χ0n) is 11.7. The summed E-state index contributed by atoms with van der Waals surface area (Å²) in [5, 5.41) is 8.81. The zero-order chi connectivity index (χ0) is 13.2. The van der Waals surface area contributed by atoms with E-state index in [0.717, 1.165) is 38.2 Å². The van der Waals surface area contributed by atoms with Gasteiger partial charge in [0.25, 0.3) is 0 Å². The van der Waals surface area contributed by atoms with Crippen LogP contribution in [0.3, 0.4) is 0 Å². The van der Waals surface area contributed by atoms with Crippen LogP contribution in [-0.4, -0.2) is 29.8 Å². The fraction of sp³-hybridized carbons (Fsp3) is 0.667. The number of rotatable bonds is 9. The van der Waals surface area contributed by atoms with Gasteiger partial charge in [-0.05, 0) is 37.3 Å². The van der Waals surface area contributed by atoms with Crippen molar-refractivity contribution in [3.05, 3.63) is 23.9 Å². The van der Waals surface area contributed by atoms with Crippen molar-refractivity contribution < 1.29 is 5.11 Å². The molecule has 0 aromatic carbocycles. The Morgan fingerprint density at radius 2 is 1.94 bits per heavy atom. The first-order valence-corrected chi connectivity index (χ1v) is 7.12. The summed E-state index contributed by atoms with van der Waals surface area (Å²) in [5.74, 6) is 1.08. The standard InChI is InChI=1S/C15H26N2O/c1-3-5-11-17(10-4-2)15-9-8-14(13-16-15)7-6-12-18/h8-9,13,18H,3-7,10-12H2,1-2H3. The van der Waals surface area contributed by atoms with Crippen LogP contribution < -0.4 is 4.90 Å². The van der Waals surface area contributed by atoms with Crippen LogP contribution >= 0.6 is 0 Å². The number of nitrogens with zero attached hydrogens (tertiary/aromatic N) is 2. The predicted octanol–water partition coefficient (Wildman–Crippen LogP) is 3.02. The Morgan fingerprint density at radius 1 is 1.11 bits per heavy atom. The summed E-state index contributed by atoms with van der Waals surface area (Å²) in [6, 6.07) is 4.24. The highest BCUT2D eigenvalue weighted by molar-refractivity contribution is 5.39. The summed E-state index contributed by atoms with van der Waals surface area (Å²) in [5.41, 5.74) is 1.21. The summed E-state index contributed by atoms with van der Waals surface area (Å²) >= 11 is 0. The molecule has 0 saturated carbocycles. The van der Waals surface area contributed by atoms with Crippen LogP contribution in [0, 0.1) is 0 Å². The van der Waals surface area contributed by atoms with Crippen molar-refractivity contribution >= 4 is 5.82 Å². The predicted molar refractivity (Wildman–Crippen MR) is 77.1 cm³/mol. The van der Waals surface area contributed by atoms with Crippen LogP contribution in [0.1, 0.15) is 45.1 Å². The molecule has 0 amide bonds. The number of aryl methyl sites for hydroxylation is 1. The monoisotopic (exact) mass is 250 g/mol. The number of aliphatic hydroxyl groups is 1. The summed E-state index contributed by atoms with van der Waals surface area (Å²) in [4.78, 5) is 6.91. The minimum absolute atomic E-state index is 0.250. The van der Waals surface area contributed by atoms with E-state index in [9.17, 15) is 0 Å². The van der Waals surface area contributed by atoms with Crippen molar-refractivity contribution in [2.45, 2.75) is 46.0 Å². The van der Waals surface area contributed by atoms with Crippen LogP contribution in [0.4, 0.5) is 5.82 Å². The maximum atomic E-state index is 8.81. The molecule has 1 N–H and O–H groups in total. The molecule has 0 aliphatic heterocycles. The second-order valence-electron chi connectivity index (χ2n) is 4.69. The van der Waals surface area contributed by atoms with Crippen LogP contribution in [-0.2, 0) is 6.42 Å².